The Morgan fingerprint density at radius 1 is 0.419 bits per heavy atom. The molecule has 396 valence electrons. The fourth-order valence-electron chi connectivity index (χ4n) is 6.57. The van der Waals surface area contributed by atoms with E-state index in [2.05, 4.69) is 4.74 Å². The molecule has 0 spiro atoms. The topological polar surface area (TPSA) is 290 Å². The molecule has 4 aromatic carbocycles. The summed E-state index contributed by atoms with van der Waals surface area (Å²) in [6.45, 7) is 11.0. The highest BCUT2D eigenvalue weighted by molar-refractivity contribution is 5.90. The van der Waals surface area contributed by atoms with Gasteiger partial charge in [-0.2, -0.15) is 0 Å². The molecule has 0 saturated carbocycles. The minimum atomic E-state index is -0.555. The number of esters is 6. The van der Waals surface area contributed by atoms with Crippen LogP contribution >= 0.6 is 0 Å². The summed E-state index contributed by atoms with van der Waals surface area (Å²) >= 11 is 0. The highest BCUT2D eigenvalue weighted by Gasteiger charge is 2.21. The van der Waals surface area contributed by atoms with E-state index in [1.54, 1.807) is 6.07 Å². The Morgan fingerprint density at radius 3 is 1.36 bits per heavy atom. The lowest BCUT2D eigenvalue weighted by Crippen LogP contribution is -2.12. The van der Waals surface area contributed by atoms with E-state index in [1.807, 2.05) is 41.5 Å². The molecule has 6 rings (SSSR count). The van der Waals surface area contributed by atoms with Gasteiger partial charge < -0.3 is 52.9 Å². The summed E-state index contributed by atoms with van der Waals surface area (Å²) in [5.41, 5.74) is -0.269. The van der Waals surface area contributed by atoms with Crippen molar-refractivity contribution in [1.29, 1.82) is 0 Å². The van der Waals surface area contributed by atoms with Crippen LogP contribution < -0.4 is 29.8 Å². The van der Waals surface area contributed by atoms with E-state index >= 15 is 0 Å². The number of fused-ring (bicyclic) bond motifs is 2. The Bertz CT molecular complexity index is 3060. The maximum atomic E-state index is 13.3. The van der Waals surface area contributed by atoms with Crippen LogP contribution in [-0.4, -0.2) is 56.2 Å². The van der Waals surface area contributed by atoms with Gasteiger partial charge in [0.1, 0.15) is 56.5 Å². The van der Waals surface area contributed by atoms with Crippen LogP contribution in [0.5, 0.6) is 46.0 Å². The van der Waals surface area contributed by atoms with Gasteiger partial charge in [-0.3, -0.25) is 38.4 Å². The van der Waals surface area contributed by atoms with Gasteiger partial charge in [0.2, 0.25) is 0 Å². The molecule has 19 nitrogen and oxygen atoms in total. The van der Waals surface area contributed by atoms with Gasteiger partial charge in [0.25, 0.3) is 0 Å². The average Bonchev–Trinajstić information content (AvgIpc) is 3.30. The van der Waals surface area contributed by atoms with Crippen molar-refractivity contribution in [2.75, 3.05) is 0 Å². The molecule has 2 aromatic heterocycles. The van der Waals surface area contributed by atoms with Crippen molar-refractivity contribution in [3.8, 4) is 68.6 Å². The summed E-state index contributed by atoms with van der Waals surface area (Å²) in [6.07, 6.45) is 4.96. The molecule has 2 heterocycles. The molecule has 0 aliphatic heterocycles. The van der Waals surface area contributed by atoms with E-state index in [0.717, 1.165) is 25.0 Å². The van der Waals surface area contributed by atoms with Crippen LogP contribution in [0.15, 0.2) is 91.2 Å². The number of rotatable bonds is 18. The molecule has 19 heteroatoms. The molecule has 0 aliphatic carbocycles. The quantitative estimate of drug-likeness (QED) is 0.0269. The molecule has 4 N–H and O–H groups in total. The van der Waals surface area contributed by atoms with Crippen LogP contribution in [0, 0.1) is 0 Å². The minimum absolute atomic E-state index is 0. The SMILES string of the molecule is C.CCCC(=O)OC(=O)CCC.CCCC(=O)Oc1cc(OC(=O)CCC)c2c(=O)cc(-c3ccc(OC(=O)CCC)c(OC(=O)CCC)c3)oc2c1.O=c1cc(-c2ccc(O)c(O)c2)oc2cc(O)cc(O)c12. The third-order valence-corrected chi connectivity index (χ3v) is 9.91. The standard InChI is InChI=1S/C31H34O10.C15H10O6.C8H14O3.CH4/c1-5-9-27(33)37-20-16-25-31(26(17-20)41-30(36)12-8-4)21(32)18-23(38-25)19-13-14-22(39-28(34)10-6-2)24(15-19)40-29(35)11-7-3;16-8-4-11(19)15-12(20)6-13(21-14(15)5-8)7-1-2-9(17)10(18)3-7;1-3-5-7(9)11-8(10)6-4-2;/h13-18H,5-12H2,1-4H3;1-6,16-19H;3-6H2,1-2H3;1H4. The first kappa shape index (κ1) is 59.8. The van der Waals surface area contributed by atoms with Gasteiger partial charge in [0.15, 0.2) is 33.9 Å². The zero-order chi connectivity index (χ0) is 53.8. The third kappa shape index (κ3) is 17.4. The Balaban J connectivity index is 0.000000360. The van der Waals surface area contributed by atoms with Gasteiger partial charge in [-0.25, -0.2) is 0 Å². The third-order valence-electron chi connectivity index (χ3n) is 9.91. The normalized spacial score (nSPS) is 10.4. The first-order chi connectivity index (χ1) is 34.8. The van der Waals surface area contributed by atoms with E-state index in [4.69, 9.17) is 27.8 Å². The summed E-state index contributed by atoms with van der Waals surface area (Å²) in [5.74, 6) is -3.93. The van der Waals surface area contributed by atoms with Crippen LogP contribution in [0.1, 0.15) is 126 Å². The fraction of sp³-hybridized carbons (Fsp3) is 0.345. The van der Waals surface area contributed by atoms with E-state index in [0.29, 0.717) is 49.7 Å². The second-order valence-corrected chi connectivity index (χ2v) is 16.2. The highest BCUT2D eigenvalue weighted by Crippen LogP contribution is 2.37. The molecule has 0 bridgehead atoms. The summed E-state index contributed by atoms with van der Waals surface area (Å²) < 4.78 is 37.6. The van der Waals surface area contributed by atoms with Gasteiger partial charge in [0.05, 0.1) is 0 Å². The molecule has 0 fully saturated rings. The number of benzene rings is 4. The molecule has 6 aromatic rings. The number of phenolic OH excluding ortho intramolecular Hbond substituents is 4. The van der Waals surface area contributed by atoms with Crippen LogP contribution in [0.4, 0.5) is 0 Å². The number of hydrogen-bond acceptors (Lipinski definition) is 19. The number of phenols is 4. The van der Waals surface area contributed by atoms with E-state index in [-0.39, 0.29) is 113 Å². The van der Waals surface area contributed by atoms with Crippen LogP contribution in [0.3, 0.4) is 0 Å². The van der Waals surface area contributed by atoms with Crippen LogP contribution in [0.25, 0.3) is 44.6 Å². The van der Waals surface area contributed by atoms with Crippen molar-refractivity contribution >= 4 is 57.8 Å². The molecular formula is C55H62O19. The van der Waals surface area contributed by atoms with Crippen molar-refractivity contribution < 1.29 is 81.7 Å². The maximum Gasteiger partial charge on any atom is 0.313 e. The van der Waals surface area contributed by atoms with Gasteiger partial charge >= 0.3 is 35.8 Å². The lowest BCUT2D eigenvalue weighted by molar-refractivity contribution is -0.159. The second kappa shape index (κ2) is 29.1. The van der Waals surface area contributed by atoms with Crippen molar-refractivity contribution in [3.05, 3.63) is 93.2 Å². The molecule has 0 atom stereocenters. The Hall–Kier alpha value is -8.48. The molecule has 0 saturated heterocycles. The van der Waals surface area contributed by atoms with Crippen molar-refractivity contribution in [2.24, 2.45) is 0 Å². The number of carbonyl (C=O) groups is 6. The number of aromatic hydroxyl groups is 4. The van der Waals surface area contributed by atoms with Crippen molar-refractivity contribution in [1.82, 2.24) is 0 Å². The van der Waals surface area contributed by atoms with E-state index in [1.165, 1.54) is 54.6 Å². The van der Waals surface area contributed by atoms with Gasteiger partial charge in [0, 0.05) is 86.1 Å². The van der Waals surface area contributed by atoms with E-state index in [9.17, 15) is 58.8 Å². The molecule has 0 aliphatic rings. The summed E-state index contributed by atoms with van der Waals surface area (Å²) in [6, 6.07) is 15.7. The van der Waals surface area contributed by atoms with Crippen LogP contribution in [-0.2, 0) is 33.5 Å². The number of hydrogen-bond donors (Lipinski definition) is 4. The first-order valence-corrected chi connectivity index (χ1v) is 23.7. The number of carbonyl (C=O) groups excluding carboxylic acids is 6. The lowest BCUT2D eigenvalue weighted by atomic mass is 10.1. The molecular weight excluding hydrogens is 965 g/mol. The minimum Gasteiger partial charge on any atom is -0.508 e. The Labute approximate surface area is 426 Å². The highest BCUT2D eigenvalue weighted by atomic mass is 16.6. The lowest BCUT2D eigenvalue weighted by Gasteiger charge is -2.13. The molecule has 0 radical (unpaired) electrons. The fourth-order valence-corrected chi connectivity index (χ4v) is 6.57. The smallest absolute Gasteiger partial charge is 0.313 e. The zero-order valence-electron chi connectivity index (χ0n) is 41.3. The predicted molar refractivity (Wildman–Crippen MR) is 272 cm³/mol. The average molecular weight is 1030 g/mol. The molecule has 0 amide bonds. The van der Waals surface area contributed by atoms with Crippen molar-refractivity contribution in [3.63, 3.8) is 0 Å². The zero-order valence-corrected chi connectivity index (χ0v) is 41.3. The summed E-state index contributed by atoms with van der Waals surface area (Å²) in [7, 11) is 0. The Morgan fingerprint density at radius 2 is 0.851 bits per heavy atom. The van der Waals surface area contributed by atoms with Gasteiger partial charge in [-0.05, 0) is 74.9 Å². The summed E-state index contributed by atoms with van der Waals surface area (Å²) in [4.78, 5) is 95.5. The van der Waals surface area contributed by atoms with E-state index < -0.39 is 46.7 Å². The molecule has 74 heavy (non-hydrogen) atoms. The first-order valence-electron chi connectivity index (χ1n) is 23.7. The van der Waals surface area contributed by atoms with Gasteiger partial charge in [-0.1, -0.05) is 49.0 Å². The largest absolute Gasteiger partial charge is 0.508 e. The number of ether oxygens (including phenoxy) is 5. The summed E-state index contributed by atoms with van der Waals surface area (Å²) in [5, 5.41) is 37.8. The predicted octanol–water partition coefficient (Wildman–Crippen LogP) is 10.9. The Kier molecular flexibility index (Phi) is 23.6. The van der Waals surface area contributed by atoms with Crippen LogP contribution in [0.2, 0.25) is 0 Å². The maximum absolute atomic E-state index is 13.3. The second-order valence-electron chi connectivity index (χ2n) is 16.2. The molecule has 0 unspecified atom stereocenters. The van der Waals surface area contributed by atoms with Gasteiger partial charge in [-0.15, -0.1) is 0 Å². The monoisotopic (exact) mass is 1030 g/mol. The van der Waals surface area contributed by atoms with Crippen molar-refractivity contribution in [2.45, 2.75) is 126 Å².